The molecule has 0 radical (unpaired) electrons. The first kappa shape index (κ1) is 9.51. The van der Waals surface area contributed by atoms with Gasteiger partial charge in [-0.05, 0) is 6.92 Å². The van der Waals surface area contributed by atoms with Crippen molar-refractivity contribution in [1.82, 2.24) is 0 Å². The molecule has 1 N–H and O–H groups in total. The average Bonchev–Trinajstić information content (AvgIpc) is 2.13. The number of carbonyl (C=O) groups is 1. The molecule has 0 bridgehead atoms. The molecule has 0 unspecified atom stereocenters. The van der Waals surface area contributed by atoms with Crippen molar-refractivity contribution in [3.8, 4) is 5.75 Å². The maximum Gasteiger partial charge on any atom is 0.232 e. The highest BCUT2D eigenvalue weighted by atomic mass is 16.5. The number of aromatic hydroxyl groups is 1. The van der Waals surface area contributed by atoms with Gasteiger partial charge >= 0.3 is 0 Å². The van der Waals surface area contributed by atoms with Gasteiger partial charge in [0.1, 0.15) is 0 Å². The van der Waals surface area contributed by atoms with Crippen molar-refractivity contribution in [2.75, 3.05) is 0 Å². The number of hydrogen-bond donors (Lipinski definition) is 1. The Bertz CT molecular complexity index is 343. The Labute approximate surface area is 76.0 Å². The van der Waals surface area contributed by atoms with E-state index in [0.717, 1.165) is 0 Å². The summed E-state index contributed by atoms with van der Waals surface area (Å²) in [4.78, 5) is 10.6. The van der Waals surface area contributed by atoms with Crippen LogP contribution in [-0.4, -0.2) is 11.4 Å². The van der Waals surface area contributed by atoms with Crippen molar-refractivity contribution < 1.29 is 14.6 Å². The van der Waals surface area contributed by atoms with Crippen LogP contribution >= 0.6 is 0 Å². The fourth-order valence-corrected chi connectivity index (χ4v) is 1.21. The van der Waals surface area contributed by atoms with Crippen molar-refractivity contribution in [3.63, 3.8) is 0 Å². The standard InChI is InChI=1S/C9H11NO3/c1-5-6(2)10(13)7(3)9(12)8(5)4-11/h4,12H,1-3H3. The molecule has 1 rings (SSSR count). The second-order valence-electron chi connectivity index (χ2n) is 2.97. The van der Waals surface area contributed by atoms with Gasteiger partial charge in [0.05, 0.1) is 5.56 Å². The molecule has 1 aromatic heterocycles. The molecule has 0 aliphatic rings. The Hall–Kier alpha value is -1.58. The summed E-state index contributed by atoms with van der Waals surface area (Å²) in [5.74, 6) is -0.229. The zero-order valence-electron chi connectivity index (χ0n) is 7.79. The fraction of sp³-hybridized carbons (Fsp3) is 0.333. The molecule has 13 heavy (non-hydrogen) atoms. The van der Waals surface area contributed by atoms with Gasteiger partial charge in [-0.2, -0.15) is 4.73 Å². The van der Waals surface area contributed by atoms with E-state index >= 15 is 0 Å². The van der Waals surface area contributed by atoms with Gasteiger partial charge in [0.25, 0.3) is 0 Å². The van der Waals surface area contributed by atoms with E-state index < -0.39 is 0 Å². The lowest BCUT2D eigenvalue weighted by molar-refractivity contribution is -0.620. The van der Waals surface area contributed by atoms with Crippen LogP contribution in [-0.2, 0) is 0 Å². The number of pyridine rings is 1. The summed E-state index contributed by atoms with van der Waals surface area (Å²) in [6, 6.07) is 0. The van der Waals surface area contributed by atoms with E-state index in [1.165, 1.54) is 6.92 Å². The number of carbonyl (C=O) groups excluding carboxylic acids is 1. The average molecular weight is 181 g/mol. The van der Waals surface area contributed by atoms with E-state index in [9.17, 15) is 15.1 Å². The second kappa shape index (κ2) is 3.05. The summed E-state index contributed by atoms with van der Waals surface area (Å²) in [7, 11) is 0. The van der Waals surface area contributed by atoms with Crippen LogP contribution in [0.1, 0.15) is 27.3 Å². The van der Waals surface area contributed by atoms with Crippen molar-refractivity contribution in [3.05, 3.63) is 27.7 Å². The van der Waals surface area contributed by atoms with Crippen molar-refractivity contribution in [1.29, 1.82) is 0 Å². The molecule has 0 spiro atoms. The Balaban J connectivity index is 3.66. The molecular formula is C9H11NO3. The number of rotatable bonds is 1. The number of hydrogen-bond acceptors (Lipinski definition) is 3. The summed E-state index contributed by atoms with van der Waals surface area (Å²) in [6.45, 7) is 4.72. The Kier molecular flexibility index (Phi) is 2.23. The van der Waals surface area contributed by atoms with Gasteiger partial charge in [0.2, 0.25) is 5.69 Å². The van der Waals surface area contributed by atoms with Crippen molar-refractivity contribution >= 4 is 6.29 Å². The Morgan fingerprint density at radius 2 is 1.85 bits per heavy atom. The van der Waals surface area contributed by atoms with Crippen LogP contribution in [0.25, 0.3) is 0 Å². The van der Waals surface area contributed by atoms with Gasteiger partial charge in [-0.25, -0.2) is 0 Å². The maximum atomic E-state index is 11.3. The molecular weight excluding hydrogens is 170 g/mol. The van der Waals surface area contributed by atoms with Gasteiger partial charge in [-0.15, -0.1) is 0 Å². The number of aldehydes is 1. The minimum Gasteiger partial charge on any atom is -0.618 e. The fourth-order valence-electron chi connectivity index (χ4n) is 1.21. The van der Waals surface area contributed by atoms with Crippen molar-refractivity contribution in [2.24, 2.45) is 0 Å². The quantitative estimate of drug-likeness (QED) is 0.395. The third-order valence-corrected chi connectivity index (χ3v) is 2.27. The molecule has 0 atom stereocenters. The summed E-state index contributed by atoms with van der Waals surface area (Å²) in [5, 5.41) is 20.8. The first-order chi connectivity index (χ1) is 6.00. The summed E-state index contributed by atoms with van der Waals surface area (Å²) in [5.41, 5.74) is 1.32. The van der Waals surface area contributed by atoms with Gasteiger partial charge in [0.15, 0.2) is 17.7 Å². The van der Waals surface area contributed by atoms with E-state index in [1.807, 2.05) is 0 Å². The number of nitrogens with zero attached hydrogens (tertiary/aromatic N) is 1. The van der Waals surface area contributed by atoms with Crippen LogP contribution in [0, 0.1) is 26.0 Å². The van der Waals surface area contributed by atoms with E-state index in [-0.39, 0.29) is 17.0 Å². The number of aromatic nitrogens is 1. The third-order valence-electron chi connectivity index (χ3n) is 2.27. The summed E-state index contributed by atoms with van der Waals surface area (Å²) in [6.07, 6.45) is 0.560. The van der Waals surface area contributed by atoms with E-state index in [4.69, 9.17) is 0 Å². The molecule has 0 aliphatic carbocycles. The highest BCUT2D eigenvalue weighted by Crippen LogP contribution is 2.22. The molecule has 0 aliphatic heterocycles. The predicted molar refractivity (Wildman–Crippen MR) is 46.7 cm³/mol. The van der Waals surface area contributed by atoms with Crippen LogP contribution in [0.5, 0.6) is 5.75 Å². The minimum absolute atomic E-state index is 0.158. The molecule has 4 nitrogen and oxygen atoms in total. The molecule has 1 heterocycles. The molecule has 0 fully saturated rings. The molecule has 70 valence electrons. The Morgan fingerprint density at radius 1 is 1.31 bits per heavy atom. The van der Waals surface area contributed by atoms with E-state index in [2.05, 4.69) is 0 Å². The zero-order chi connectivity index (χ0) is 10.2. The molecule has 0 aromatic carbocycles. The highest BCUT2D eigenvalue weighted by molar-refractivity contribution is 5.81. The van der Waals surface area contributed by atoms with Crippen molar-refractivity contribution in [2.45, 2.75) is 20.8 Å². The lowest BCUT2D eigenvalue weighted by Crippen LogP contribution is -2.35. The summed E-state index contributed by atoms with van der Waals surface area (Å²) >= 11 is 0. The highest BCUT2D eigenvalue weighted by Gasteiger charge is 2.19. The van der Waals surface area contributed by atoms with Gasteiger partial charge < -0.3 is 10.3 Å². The van der Waals surface area contributed by atoms with Crippen LogP contribution in [0.2, 0.25) is 0 Å². The Morgan fingerprint density at radius 3 is 2.31 bits per heavy atom. The smallest absolute Gasteiger partial charge is 0.232 e. The zero-order valence-corrected chi connectivity index (χ0v) is 7.79. The molecule has 4 heteroatoms. The predicted octanol–water partition coefficient (Wildman–Crippen LogP) is 0.763. The normalized spacial score (nSPS) is 10.1. The van der Waals surface area contributed by atoms with Crippen LogP contribution in [0.3, 0.4) is 0 Å². The molecule has 0 saturated carbocycles. The summed E-state index contributed by atoms with van der Waals surface area (Å²) < 4.78 is 0.623. The topological polar surface area (TPSA) is 64.2 Å². The second-order valence-corrected chi connectivity index (χ2v) is 2.97. The van der Waals surface area contributed by atoms with Gasteiger partial charge in [-0.1, -0.05) is 0 Å². The minimum atomic E-state index is -0.229. The van der Waals surface area contributed by atoms with Crippen LogP contribution in [0.15, 0.2) is 0 Å². The lowest BCUT2D eigenvalue weighted by Gasteiger charge is -2.10. The third kappa shape index (κ3) is 1.24. The lowest BCUT2D eigenvalue weighted by atomic mass is 10.1. The SMILES string of the molecule is Cc1c(C=O)c(O)c(C)[n+]([O-])c1C. The van der Waals surface area contributed by atoms with Gasteiger partial charge in [-0.3, -0.25) is 4.79 Å². The molecule has 0 saturated heterocycles. The largest absolute Gasteiger partial charge is 0.618 e. The van der Waals surface area contributed by atoms with Crippen LogP contribution in [0.4, 0.5) is 0 Å². The van der Waals surface area contributed by atoms with Gasteiger partial charge in [0, 0.05) is 19.4 Å². The monoisotopic (exact) mass is 181 g/mol. The first-order valence-electron chi connectivity index (χ1n) is 3.88. The van der Waals surface area contributed by atoms with E-state index in [1.54, 1.807) is 13.8 Å². The first-order valence-corrected chi connectivity index (χ1v) is 3.88. The van der Waals surface area contributed by atoms with Crippen LogP contribution < -0.4 is 4.73 Å². The molecule has 0 amide bonds. The van der Waals surface area contributed by atoms with E-state index in [0.29, 0.717) is 22.3 Å². The maximum absolute atomic E-state index is 11.3. The molecule has 1 aromatic rings.